The topological polar surface area (TPSA) is 115 Å². The van der Waals surface area contributed by atoms with Gasteiger partial charge in [-0.2, -0.15) is 0 Å². The van der Waals surface area contributed by atoms with Crippen molar-refractivity contribution in [1.29, 1.82) is 0 Å². The van der Waals surface area contributed by atoms with E-state index < -0.39 is 24.2 Å². The van der Waals surface area contributed by atoms with E-state index in [0.717, 1.165) is 0 Å². The quantitative estimate of drug-likeness (QED) is 0.824. The van der Waals surface area contributed by atoms with Crippen molar-refractivity contribution in [3.8, 4) is 5.75 Å². The average molecular weight is 362 g/mol. The van der Waals surface area contributed by atoms with Gasteiger partial charge in [0.05, 0.1) is 32.4 Å². The molecule has 1 saturated heterocycles. The van der Waals surface area contributed by atoms with Gasteiger partial charge in [-0.25, -0.2) is 13.9 Å². The Hall–Kier alpha value is -3.17. The van der Waals surface area contributed by atoms with E-state index in [0.29, 0.717) is 11.4 Å². The Bertz CT molecular complexity index is 811. The molecule has 2 aromatic rings. The molecule has 1 aromatic carbocycles. The van der Waals surface area contributed by atoms with Crippen LogP contribution in [0.4, 0.5) is 14.9 Å². The number of primary amides is 1. The minimum Gasteiger partial charge on any atom is -0.497 e. The number of benzene rings is 1. The number of carbonyl (C=O) groups excluding carboxylic acids is 2. The fourth-order valence-electron chi connectivity index (χ4n) is 2.89. The molecule has 9 nitrogen and oxygen atoms in total. The summed E-state index contributed by atoms with van der Waals surface area (Å²) in [4.78, 5) is 25.1. The van der Waals surface area contributed by atoms with Crippen molar-refractivity contribution in [3.63, 3.8) is 0 Å². The summed E-state index contributed by atoms with van der Waals surface area (Å²) in [5.74, 6) is -0.0931. The van der Waals surface area contributed by atoms with Crippen LogP contribution in [-0.4, -0.2) is 57.7 Å². The molecule has 2 heterocycles. The van der Waals surface area contributed by atoms with Crippen molar-refractivity contribution in [2.24, 2.45) is 5.73 Å². The number of anilines is 1. The van der Waals surface area contributed by atoms with Gasteiger partial charge in [0, 0.05) is 18.2 Å². The Kier molecular flexibility index (Phi) is 5.01. The van der Waals surface area contributed by atoms with E-state index >= 15 is 0 Å². The molecule has 3 rings (SSSR count). The number of methoxy groups -OCH3 is 1. The Morgan fingerprint density at radius 2 is 2.27 bits per heavy atom. The number of carbonyl (C=O) groups is 2. The standard InChI is InChI=1S/C16H19FN6O3/c1-26-13-4-2-3-11(6-13)19-16(25)23-7-10(17)5-12(23)8-22-9-14(15(18)24)20-21-22/h2-4,6,9-10,12H,5,7-8H2,1H3,(H2,18,24)(H,19,25)/t10-,12-/m0/s1. The summed E-state index contributed by atoms with van der Waals surface area (Å²) in [6.07, 6.45) is 0.429. The molecule has 2 atom stereocenters. The first-order valence-electron chi connectivity index (χ1n) is 8.02. The number of aromatic nitrogens is 3. The summed E-state index contributed by atoms with van der Waals surface area (Å²) in [6.45, 7) is 0.198. The van der Waals surface area contributed by atoms with Gasteiger partial charge in [0.15, 0.2) is 5.69 Å². The summed E-state index contributed by atoms with van der Waals surface area (Å²) >= 11 is 0. The summed E-state index contributed by atoms with van der Waals surface area (Å²) in [7, 11) is 1.53. The molecule has 0 spiro atoms. The van der Waals surface area contributed by atoms with Gasteiger partial charge in [-0.1, -0.05) is 11.3 Å². The molecule has 138 valence electrons. The number of likely N-dealkylation sites (tertiary alicyclic amines) is 1. The maximum absolute atomic E-state index is 13.9. The van der Waals surface area contributed by atoms with Gasteiger partial charge in [0.1, 0.15) is 11.9 Å². The molecular weight excluding hydrogens is 343 g/mol. The number of ether oxygens (including phenoxy) is 1. The highest BCUT2D eigenvalue weighted by atomic mass is 19.1. The third-order valence-electron chi connectivity index (χ3n) is 4.13. The molecule has 1 aliphatic heterocycles. The third-order valence-corrected chi connectivity index (χ3v) is 4.13. The van der Waals surface area contributed by atoms with Crippen molar-refractivity contribution in [3.05, 3.63) is 36.2 Å². The van der Waals surface area contributed by atoms with Crippen molar-refractivity contribution < 1.29 is 18.7 Å². The summed E-state index contributed by atoms with van der Waals surface area (Å²) in [6, 6.07) is 6.06. The van der Waals surface area contributed by atoms with E-state index in [9.17, 15) is 14.0 Å². The monoisotopic (exact) mass is 362 g/mol. The first-order chi connectivity index (χ1) is 12.5. The number of hydrogen-bond donors (Lipinski definition) is 2. The Labute approximate surface area is 148 Å². The summed E-state index contributed by atoms with van der Waals surface area (Å²) in [5, 5.41) is 10.2. The fraction of sp³-hybridized carbons (Fsp3) is 0.375. The zero-order valence-corrected chi connectivity index (χ0v) is 14.1. The van der Waals surface area contributed by atoms with Crippen molar-refractivity contribution in [2.45, 2.75) is 25.2 Å². The largest absolute Gasteiger partial charge is 0.497 e. The first kappa shape index (κ1) is 17.6. The number of nitrogens with two attached hydrogens (primary N) is 1. The average Bonchev–Trinajstić information content (AvgIpc) is 3.22. The van der Waals surface area contributed by atoms with Crippen LogP contribution in [0.15, 0.2) is 30.5 Å². The van der Waals surface area contributed by atoms with E-state index in [-0.39, 0.29) is 25.2 Å². The zero-order chi connectivity index (χ0) is 18.7. The second-order valence-electron chi connectivity index (χ2n) is 5.99. The summed E-state index contributed by atoms with van der Waals surface area (Å²) in [5.41, 5.74) is 5.71. The second-order valence-corrected chi connectivity index (χ2v) is 5.99. The molecule has 1 aliphatic rings. The highest BCUT2D eigenvalue weighted by molar-refractivity contribution is 5.90. The molecule has 3 N–H and O–H groups in total. The van der Waals surface area contributed by atoms with E-state index in [2.05, 4.69) is 15.6 Å². The predicted octanol–water partition coefficient (Wildman–Crippen LogP) is 1.03. The maximum Gasteiger partial charge on any atom is 0.322 e. The number of urea groups is 1. The van der Waals surface area contributed by atoms with Gasteiger partial charge in [0.2, 0.25) is 0 Å². The zero-order valence-electron chi connectivity index (χ0n) is 14.1. The van der Waals surface area contributed by atoms with E-state index in [1.165, 1.54) is 22.9 Å². The number of nitrogens with one attached hydrogen (secondary N) is 1. The van der Waals surface area contributed by atoms with E-state index in [4.69, 9.17) is 10.5 Å². The number of amides is 3. The molecule has 0 bridgehead atoms. The van der Waals surface area contributed by atoms with Gasteiger partial charge >= 0.3 is 6.03 Å². The first-order valence-corrected chi connectivity index (χ1v) is 8.02. The van der Waals surface area contributed by atoms with Crippen molar-refractivity contribution in [1.82, 2.24) is 19.9 Å². The second kappa shape index (κ2) is 7.38. The highest BCUT2D eigenvalue weighted by Crippen LogP contribution is 2.24. The van der Waals surface area contributed by atoms with Crippen molar-refractivity contribution in [2.75, 3.05) is 19.0 Å². The van der Waals surface area contributed by atoms with Crippen LogP contribution in [-0.2, 0) is 6.54 Å². The van der Waals surface area contributed by atoms with Crippen LogP contribution in [0, 0.1) is 0 Å². The minimum atomic E-state index is -1.13. The number of alkyl halides is 1. The number of nitrogens with zero attached hydrogens (tertiary/aromatic N) is 4. The van der Waals surface area contributed by atoms with E-state index in [1.54, 1.807) is 24.3 Å². The van der Waals surface area contributed by atoms with Crippen LogP contribution in [0.25, 0.3) is 0 Å². The summed E-state index contributed by atoms with van der Waals surface area (Å²) < 4.78 is 20.4. The molecule has 10 heteroatoms. The molecule has 1 fully saturated rings. The molecule has 0 saturated carbocycles. The Morgan fingerprint density at radius 3 is 2.96 bits per heavy atom. The van der Waals surface area contributed by atoms with Crippen LogP contribution in [0.2, 0.25) is 0 Å². The molecule has 26 heavy (non-hydrogen) atoms. The van der Waals surface area contributed by atoms with Gasteiger partial charge in [-0.3, -0.25) is 4.79 Å². The Morgan fingerprint density at radius 1 is 1.46 bits per heavy atom. The van der Waals surface area contributed by atoms with Crippen LogP contribution >= 0.6 is 0 Å². The number of rotatable bonds is 5. The maximum atomic E-state index is 13.9. The minimum absolute atomic E-state index is 0.0160. The predicted molar refractivity (Wildman–Crippen MR) is 90.6 cm³/mol. The van der Waals surface area contributed by atoms with Crippen LogP contribution < -0.4 is 15.8 Å². The van der Waals surface area contributed by atoms with E-state index in [1.807, 2.05) is 0 Å². The van der Waals surface area contributed by atoms with Crippen LogP contribution in [0.1, 0.15) is 16.9 Å². The molecular formula is C16H19FN6O3. The third kappa shape index (κ3) is 3.90. The number of hydrogen-bond acceptors (Lipinski definition) is 5. The van der Waals surface area contributed by atoms with Gasteiger partial charge < -0.3 is 20.7 Å². The van der Waals surface area contributed by atoms with Crippen molar-refractivity contribution >= 4 is 17.6 Å². The lowest BCUT2D eigenvalue weighted by atomic mass is 10.2. The highest BCUT2D eigenvalue weighted by Gasteiger charge is 2.36. The normalized spacial score (nSPS) is 19.4. The molecule has 0 unspecified atom stereocenters. The SMILES string of the molecule is COc1cccc(NC(=O)N2C[C@@H](F)C[C@H]2Cn2cc(C(N)=O)nn2)c1. The van der Waals surface area contributed by atoms with Gasteiger partial charge in [-0.15, -0.1) is 5.10 Å². The van der Waals surface area contributed by atoms with Gasteiger partial charge in [0.25, 0.3) is 5.91 Å². The Balaban J connectivity index is 1.69. The van der Waals surface area contributed by atoms with Gasteiger partial charge in [-0.05, 0) is 12.1 Å². The molecule has 0 radical (unpaired) electrons. The van der Waals surface area contributed by atoms with Crippen LogP contribution in [0.5, 0.6) is 5.75 Å². The molecule has 1 aromatic heterocycles. The number of halogens is 1. The lowest BCUT2D eigenvalue weighted by Gasteiger charge is -2.24. The molecule has 3 amide bonds. The van der Waals surface area contributed by atoms with Crippen LogP contribution in [0.3, 0.4) is 0 Å². The fourth-order valence-corrected chi connectivity index (χ4v) is 2.89. The lowest BCUT2D eigenvalue weighted by Crippen LogP contribution is -2.41. The lowest BCUT2D eigenvalue weighted by molar-refractivity contribution is 0.0995. The molecule has 0 aliphatic carbocycles. The smallest absolute Gasteiger partial charge is 0.322 e.